The number of benzene rings is 1. The summed E-state index contributed by atoms with van der Waals surface area (Å²) in [6.07, 6.45) is 2.12. The Labute approximate surface area is 116 Å². The maximum Gasteiger partial charge on any atom is 0.335 e. The number of carboxylic acid groups (broad SMARTS) is 1. The first-order valence-electron chi connectivity index (χ1n) is 6.20. The summed E-state index contributed by atoms with van der Waals surface area (Å²) in [5, 5.41) is 11.8. The molecule has 0 atom stereocenters. The number of pyridine rings is 1. The first kappa shape index (κ1) is 13.7. The van der Waals surface area contributed by atoms with Gasteiger partial charge in [0.05, 0.1) is 5.56 Å². The van der Waals surface area contributed by atoms with Crippen molar-refractivity contribution in [2.75, 3.05) is 5.32 Å². The predicted molar refractivity (Wildman–Crippen MR) is 75.0 cm³/mol. The highest BCUT2D eigenvalue weighted by molar-refractivity contribution is 6.03. The fraction of sp³-hybridized carbons (Fsp3) is 0.133. The average molecular weight is 270 g/mol. The van der Waals surface area contributed by atoms with E-state index in [9.17, 15) is 9.59 Å². The van der Waals surface area contributed by atoms with Gasteiger partial charge in [0.25, 0.3) is 5.91 Å². The summed E-state index contributed by atoms with van der Waals surface area (Å²) in [5.41, 5.74) is 1.80. The van der Waals surface area contributed by atoms with E-state index in [1.165, 1.54) is 6.07 Å². The summed E-state index contributed by atoms with van der Waals surface area (Å²) < 4.78 is 0. The SMILES string of the molecule is CCc1cc(NC(=O)c2ccccn2)ccc1C(=O)O. The number of nitrogens with one attached hydrogen (secondary N) is 1. The summed E-state index contributed by atoms with van der Waals surface area (Å²) in [5.74, 6) is -1.29. The molecule has 0 radical (unpaired) electrons. The summed E-state index contributed by atoms with van der Waals surface area (Å²) in [4.78, 5) is 26.9. The van der Waals surface area contributed by atoms with E-state index in [1.807, 2.05) is 6.92 Å². The molecule has 5 heteroatoms. The van der Waals surface area contributed by atoms with Crippen molar-refractivity contribution in [2.24, 2.45) is 0 Å². The minimum absolute atomic E-state index is 0.253. The van der Waals surface area contributed by atoms with Gasteiger partial charge in [-0.3, -0.25) is 9.78 Å². The molecule has 1 aromatic carbocycles. The maximum atomic E-state index is 11.9. The average Bonchev–Trinajstić information content (AvgIpc) is 2.47. The molecule has 0 saturated carbocycles. The van der Waals surface area contributed by atoms with E-state index in [2.05, 4.69) is 10.3 Å². The highest BCUT2D eigenvalue weighted by Crippen LogP contribution is 2.17. The van der Waals surface area contributed by atoms with Crippen LogP contribution >= 0.6 is 0 Å². The Kier molecular flexibility index (Phi) is 4.10. The van der Waals surface area contributed by atoms with Crippen LogP contribution < -0.4 is 5.32 Å². The summed E-state index contributed by atoms with van der Waals surface area (Å²) in [7, 11) is 0. The van der Waals surface area contributed by atoms with Crippen LogP contribution in [0.2, 0.25) is 0 Å². The summed E-state index contributed by atoms with van der Waals surface area (Å²) >= 11 is 0. The van der Waals surface area contributed by atoms with Crippen molar-refractivity contribution in [3.8, 4) is 0 Å². The van der Waals surface area contributed by atoms with E-state index in [0.29, 0.717) is 23.4 Å². The van der Waals surface area contributed by atoms with Crippen LogP contribution in [0.5, 0.6) is 0 Å². The van der Waals surface area contributed by atoms with E-state index in [0.717, 1.165) is 0 Å². The third kappa shape index (κ3) is 3.00. The number of hydrogen-bond donors (Lipinski definition) is 2. The molecule has 0 bridgehead atoms. The molecule has 2 N–H and O–H groups in total. The zero-order valence-corrected chi connectivity index (χ0v) is 11.0. The lowest BCUT2D eigenvalue weighted by atomic mass is 10.0. The van der Waals surface area contributed by atoms with Crippen molar-refractivity contribution < 1.29 is 14.7 Å². The van der Waals surface area contributed by atoms with Crippen molar-refractivity contribution >= 4 is 17.6 Å². The molecule has 5 nitrogen and oxygen atoms in total. The number of hydrogen-bond acceptors (Lipinski definition) is 3. The molecule has 2 aromatic rings. The zero-order chi connectivity index (χ0) is 14.5. The van der Waals surface area contributed by atoms with Gasteiger partial charge in [-0.1, -0.05) is 13.0 Å². The summed E-state index contributed by atoms with van der Waals surface area (Å²) in [6, 6.07) is 9.81. The minimum Gasteiger partial charge on any atom is -0.478 e. The minimum atomic E-state index is -0.968. The lowest BCUT2D eigenvalue weighted by molar-refractivity contribution is 0.0695. The van der Waals surface area contributed by atoms with Crippen molar-refractivity contribution in [3.05, 3.63) is 59.4 Å². The molecule has 0 aliphatic carbocycles. The maximum absolute atomic E-state index is 11.9. The molecule has 1 aromatic heterocycles. The molecule has 1 amide bonds. The second-order valence-corrected chi connectivity index (χ2v) is 4.20. The molecule has 0 unspecified atom stereocenters. The molecular weight excluding hydrogens is 256 g/mol. The first-order chi connectivity index (χ1) is 9.61. The van der Waals surface area contributed by atoms with Crippen molar-refractivity contribution in [2.45, 2.75) is 13.3 Å². The number of aromatic nitrogens is 1. The van der Waals surface area contributed by atoms with Crippen LogP contribution in [0, 0.1) is 0 Å². The third-order valence-corrected chi connectivity index (χ3v) is 2.87. The Morgan fingerprint density at radius 1 is 1.25 bits per heavy atom. The standard InChI is InChI=1S/C15H14N2O3/c1-2-10-9-11(6-7-12(10)15(19)20)17-14(18)13-5-3-4-8-16-13/h3-9H,2H2,1H3,(H,17,18)(H,19,20). The third-order valence-electron chi connectivity index (χ3n) is 2.87. The molecule has 102 valence electrons. The van der Waals surface area contributed by atoms with Gasteiger partial charge in [0, 0.05) is 11.9 Å². The van der Waals surface area contributed by atoms with Gasteiger partial charge in [-0.05, 0) is 42.3 Å². The Hall–Kier alpha value is -2.69. The lowest BCUT2D eigenvalue weighted by Gasteiger charge is -2.08. The zero-order valence-electron chi connectivity index (χ0n) is 11.0. The fourth-order valence-electron chi connectivity index (χ4n) is 1.86. The molecule has 1 heterocycles. The fourth-order valence-corrected chi connectivity index (χ4v) is 1.86. The lowest BCUT2D eigenvalue weighted by Crippen LogP contribution is -2.14. The number of carbonyl (C=O) groups excluding carboxylic acids is 1. The predicted octanol–water partition coefficient (Wildman–Crippen LogP) is 2.59. The first-order valence-corrected chi connectivity index (χ1v) is 6.20. The topological polar surface area (TPSA) is 79.3 Å². The Bertz CT molecular complexity index is 639. The van der Waals surface area contributed by atoms with Gasteiger partial charge < -0.3 is 10.4 Å². The van der Waals surface area contributed by atoms with Crippen molar-refractivity contribution in [3.63, 3.8) is 0 Å². The summed E-state index contributed by atoms with van der Waals surface area (Å²) in [6.45, 7) is 1.87. The van der Waals surface area contributed by atoms with Gasteiger partial charge >= 0.3 is 5.97 Å². The Morgan fingerprint density at radius 2 is 2.05 bits per heavy atom. The van der Waals surface area contributed by atoms with E-state index >= 15 is 0 Å². The van der Waals surface area contributed by atoms with Crippen LogP contribution in [0.4, 0.5) is 5.69 Å². The highest BCUT2D eigenvalue weighted by atomic mass is 16.4. The number of carbonyl (C=O) groups is 2. The van der Waals surface area contributed by atoms with Crippen LogP contribution in [0.25, 0.3) is 0 Å². The normalized spacial score (nSPS) is 10.1. The van der Waals surface area contributed by atoms with Crippen molar-refractivity contribution in [1.82, 2.24) is 4.98 Å². The Morgan fingerprint density at radius 3 is 2.65 bits per heavy atom. The molecular formula is C15H14N2O3. The van der Waals surface area contributed by atoms with Gasteiger partial charge in [0.15, 0.2) is 0 Å². The second kappa shape index (κ2) is 5.97. The van der Waals surface area contributed by atoms with Gasteiger partial charge in [-0.25, -0.2) is 4.79 Å². The highest BCUT2D eigenvalue weighted by Gasteiger charge is 2.11. The molecule has 0 aliphatic rings. The monoisotopic (exact) mass is 270 g/mol. The number of aromatic carboxylic acids is 1. The molecule has 0 fully saturated rings. The number of nitrogens with zero attached hydrogens (tertiary/aromatic N) is 1. The van der Waals surface area contributed by atoms with Gasteiger partial charge in [-0.2, -0.15) is 0 Å². The van der Waals surface area contributed by atoms with Crippen LogP contribution in [0.15, 0.2) is 42.6 Å². The molecule has 2 rings (SSSR count). The van der Waals surface area contributed by atoms with Crippen LogP contribution in [0.1, 0.15) is 33.3 Å². The molecule has 0 saturated heterocycles. The van der Waals surface area contributed by atoms with Crippen LogP contribution in [0.3, 0.4) is 0 Å². The van der Waals surface area contributed by atoms with E-state index in [-0.39, 0.29) is 11.5 Å². The van der Waals surface area contributed by atoms with E-state index in [4.69, 9.17) is 5.11 Å². The number of carboxylic acids is 1. The van der Waals surface area contributed by atoms with Gasteiger partial charge in [0.1, 0.15) is 5.69 Å². The van der Waals surface area contributed by atoms with E-state index in [1.54, 1.807) is 36.5 Å². The molecule has 0 aliphatic heterocycles. The number of anilines is 1. The quantitative estimate of drug-likeness (QED) is 0.895. The number of rotatable bonds is 4. The number of amides is 1. The van der Waals surface area contributed by atoms with Crippen LogP contribution in [-0.2, 0) is 6.42 Å². The molecule has 0 spiro atoms. The molecule has 20 heavy (non-hydrogen) atoms. The Balaban J connectivity index is 2.22. The van der Waals surface area contributed by atoms with Gasteiger partial charge in [-0.15, -0.1) is 0 Å². The largest absolute Gasteiger partial charge is 0.478 e. The second-order valence-electron chi connectivity index (χ2n) is 4.20. The van der Waals surface area contributed by atoms with Crippen molar-refractivity contribution in [1.29, 1.82) is 0 Å². The van der Waals surface area contributed by atoms with E-state index < -0.39 is 5.97 Å². The van der Waals surface area contributed by atoms with Crippen LogP contribution in [-0.4, -0.2) is 22.0 Å². The smallest absolute Gasteiger partial charge is 0.335 e. The number of aryl methyl sites for hydroxylation is 1. The van der Waals surface area contributed by atoms with Gasteiger partial charge in [0.2, 0.25) is 0 Å².